The Kier molecular flexibility index (Phi) is 6.73. The number of ether oxygens (including phenoxy) is 1. The highest BCUT2D eigenvalue weighted by molar-refractivity contribution is 5.92. The summed E-state index contributed by atoms with van der Waals surface area (Å²) in [5.41, 5.74) is 6.13. The van der Waals surface area contributed by atoms with Crippen LogP contribution in [0.4, 0.5) is 10.5 Å². The van der Waals surface area contributed by atoms with E-state index in [0.29, 0.717) is 5.75 Å². The van der Waals surface area contributed by atoms with Crippen molar-refractivity contribution in [2.45, 2.75) is 51.6 Å². The molecule has 3 aromatic rings. The molecule has 192 valence electrons. The zero-order valence-electron chi connectivity index (χ0n) is 21.7. The first kappa shape index (κ1) is 25.0. The fourth-order valence-electron chi connectivity index (χ4n) is 6.45. The standard InChI is InChI=1S/C30H33N3O4/c1-20-5-4-6-21(2)28(20)29(34)33(3,24-13-17-32(18-14-24)23-11-15-31-16-12-23)27-10-8-22-7-9-25(19-26(22)27)37-30(35)36/h4-7,9,11-12,15-16,19,24,27H,8,10,13-14,17-18H2,1-3H3/p+1. The van der Waals surface area contributed by atoms with Gasteiger partial charge in [0.2, 0.25) is 0 Å². The van der Waals surface area contributed by atoms with Crippen LogP contribution >= 0.6 is 0 Å². The van der Waals surface area contributed by atoms with Crippen molar-refractivity contribution in [1.29, 1.82) is 0 Å². The minimum absolute atomic E-state index is 0.0728. The number of anilines is 1. The number of benzene rings is 2. The van der Waals surface area contributed by atoms with Gasteiger partial charge in [-0.3, -0.25) is 4.98 Å². The molecule has 1 aromatic heterocycles. The molecule has 1 aliphatic heterocycles. The van der Waals surface area contributed by atoms with Crippen molar-refractivity contribution < 1.29 is 23.9 Å². The number of rotatable bonds is 5. The van der Waals surface area contributed by atoms with Crippen molar-refractivity contribution in [1.82, 2.24) is 4.98 Å². The van der Waals surface area contributed by atoms with Crippen LogP contribution in [0.25, 0.3) is 0 Å². The van der Waals surface area contributed by atoms with Crippen LogP contribution in [-0.2, 0) is 6.42 Å². The van der Waals surface area contributed by atoms with Crippen LogP contribution in [0.1, 0.15) is 57.9 Å². The lowest BCUT2D eigenvalue weighted by Gasteiger charge is -2.47. The number of carbonyl (C=O) groups is 2. The van der Waals surface area contributed by atoms with Crippen LogP contribution in [0.15, 0.2) is 60.9 Å². The van der Waals surface area contributed by atoms with E-state index in [-0.39, 0.29) is 22.5 Å². The molecule has 0 spiro atoms. The number of amides is 1. The molecule has 7 nitrogen and oxygen atoms in total. The van der Waals surface area contributed by atoms with Crippen molar-refractivity contribution in [2.24, 2.45) is 0 Å². The molecule has 1 fully saturated rings. The number of piperidine rings is 1. The van der Waals surface area contributed by atoms with Crippen molar-refractivity contribution in [2.75, 3.05) is 25.0 Å². The summed E-state index contributed by atoms with van der Waals surface area (Å²) in [6.07, 6.45) is 5.76. The topological polar surface area (TPSA) is 79.7 Å². The average Bonchev–Trinajstić information content (AvgIpc) is 3.32. The number of fused-ring (bicyclic) bond motifs is 1. The first-order valence-electron chi connectivity index (χ1n) is 12.9. The Morgan fingerprint density at radius 1 is 1.00 bits per heavy atom. The molecule has 0 saturated carbocycles. The third kappa shape index (κ3) is 4.60. The highest BCUT2D eigenvalue weighted by Crippen LogP contribution is 2.46. The fraction of sp³-hybridized carbons (Fsp3) is 0.367. The lowest BCUT2D eigenvalue weighted by atomic mass is 9.91. The lowest BCUT2D eigenvalue weighted by Crippen LogP contribution is -2.61. The highest BCUT2D eigenvalue weighted by Gasteiger charge is 2.51. The number of quaternary nitrogens is 1. The molecule has 7 heteroatoms. The Balaban J connectivity index is 1.54. The molecular formula is C30H34N3O4+. The average molecular weight is 501 g/mol. The lowest BCUT2D eigenvalue weighted by molar-refractivity contribution is -0.887. The number of carboxylic acid groups (broad SMARTS) is 1. The van der Waals surface area contributed by atoms with Crippen LogP contribution < -0.4 is 9.64 Å². The largest absolute Gasteiger partial charge is 0.511 e. The molecule has 1 N–H and O–H groups in total. The summed E-state index contributed by atoms with van der Waals surface area (Å²) in [5.74, 6) is 0.442. The van der Waals surface area contributed by atoms with Crippen LogP contribution in [0.2, 0.25) is 0 Å². The summed E-state index contributed by atoms with van der Waals surface area (Å²) in [4.78, 5) is 32.4. The van der Waals surface area contributed by atoms with Gasteiger partial charge in [0.1, 0.15) is 11.8 Å². The van der Waals surface area contributed by atoms with Crippen LogP contribution in [0, 0.1) is 13.8 Å². The first-order valence-corrected chi connectivity index (χ1v) is 12.9. The SMILES string of the molecule is Cc1cccc(C)c1C(=O)[N+](C)(C1CCN(c2ccncc2)CC1)C1CCc2ccc(OC(=O)O)cc21. The second-order valence-corrected chi connectivity index (χ2v) is 10.4. The number of aryl methyl sites for hydroxylation is 3. The summed E-state index contributed by atoms with van der Waals surface area (Å²) in [6, 6.07) is 15.6. The van der Waals surface area contributed by atoms with Gasteiger partial charge < -0.3 is 14.7 Å². The number of pyridine rings is 1. The van der Waals surface area contributed by atoms with Crippen LogP contribution in [-0.4, -0.2) is 52.8 Å². The van der Waals surface area contributed by atoms with E-state index < -0.39 is 6.16 Å². The second-order valence-electron chi connectivity index (χ2n) is 10.4. The van der Waals surface area contributed by atoms with Gasteiger partial charge in [-0.25, -0.2) is 14.1 Å². The molecule has 0 radical (unpaired) electrons. The number of hydrogen-bond donors (Lipinski definition) is 1. The molecule has 1 amide bonds. The van der Waals surface area contributed by atoms with E-state index in [0.717, 1.165) is 72.3 Å². The zero-order valence-corrected chi connectivity index (χ0v) is 21.7. The number of nitrogens with zero attached hydrogens (tertiary/aromatic N) is 3. The maximum atomic E-state index is 14.6. The third-order valence-corrected chi connectivity index (χ3v) is 8.40. The van der Waals surface area contributed by atoms with E-state index >= 15 is 0 Å². The number of carbonyl (C=O) groups excluding carboxylic acids is 1. The smallest absolute Gasteiger partial charge is 0.449 e. The molecule has 2 atom stereocenters. The van der Waals surface area contributed by atoms with Gasteiger partial charge >= 0.3 is 12.1 Å². The molecule has 37 heavy (non-hydrogen) atoms. The van der Waals surface area contributed by atoms with E-state index in [1.807, 2.05) is 68.7 Å². The normalized spacial score (nSPS) is 19.2. The summed E-state index contributed by atoms with van der Waals surface area (Å²) < 4.78 is 5.28. The predicted octanol–water partition coefficient (Wildman–Crippen LogP) is 5.70. The monoisotopic (exact) mass is 500 g/mol. The molecule has 1 aliphatic carbocycles. The minimum atomic E-state index is -1.33. The Labute approximate surface area is 217 Å². The molecule has 2 aromatic carbocycles. The molecular weight excluding hydrogens is 466 g/mol. The minimum Gasteiger partial charge on any atom is -0.449 e. The van der Waals surface area contributed by atoms with Crippen molar-refractivity contribution in [3.05, 3.63) is 88.7 Å². The molecule has 2 aliphatic rings. The molecule has 5 rings (SSSR count). The van der Waals surface area contributed by atoms with Gasteiger partial charge in [0, 0.05) is 56.0 Å². The van der Waals surface area contributed by atoms with Crippen molar-refractivity contribution >= 4 is 17.7 Å². The number of aromatic nitrogens is 1. The van der Waals surface area contributed by atoms with Gasteiger partial charge in [-0.15, -0.1) is 0 Å². The van der Waals surface area contributed by atoms with Gasteiger partial charge in [0.15, 0.2) is 0 Å². The Morgan fingerprint density at radius 3 is 2.32 bits per heavy atom. The maximum absolute atomic E-state index is 14.6. The van der Waals surface area contributed by atoms with E-state index in [1.54, 1.807) is 6.07 Å². The molecule has 0 bridgehead atoms. The van der Waals surface area contributed by atoms with E-state index in [2.05, 4.69) is 16.9 Å². The van der Waals surface area contributed by atoms with Gasteiger partial charge in [0.25, 0.3) is 0 Å². The Bertz CT molecular complexity index is 1300. The van der Waals surface area contributed by atoms with Gasteiger partial charge in [-0.05, 0) is 61.2 Å². The molecule has 1 saturated heterocycles. The molecule has 2 unspecified atom stereocenters. The molecule has 2 heterocycles. The highest BCUT2D eigenvalue weighted by atomic mass is 16.7. The first-order chi connectivity index (χ1) is 17.8. The summed E-state index contributed by atoms with van der Waals surface area (Å²) in [7, 11) is 2.10. The van der Waals surface area contributed by atoms with Crippen molar-refractivity contribution in [3.63, 3.8) is 0 Å². The maximum Gasteiger partial charge on any atom is 0.511 e. The zero-order chi connectivity index (χ0) is 26.2. The van der Waals surface area contributed by atoms with E-state index in [4.69, 9.17) is 4.74 Å². The predicted molar refractivity (Wildman–Crippen MR) is 142 cm³/mol. The summed E-state index contributed by atoms with van der Waals surface area (Å²) in [5, 5.41) is 9.17. The fourth-order valence-corrected chi connectivity index (χ4v) is 6.45. The van der Waals surface area contributed by atoms with E-state index in [1.165, 1.54) is 0 Å². The Morgan fingerprint density at radius 2 is 1.68 bits per heavy atom. The van der Waals surface area contributed by atoms with Crippen LogP contribution in [0.5, 0.6) is 5.75 Å². The summed E-state index contributed by atoms with van der Waals surface area (Å²) >= 11 is 0. The summed E-state index contributed by atoms with van der Waals surface area (Å²) in [6.45, 7) is 5.75. The second kappa shape index (κ2) is 9.98. The Hall–Kier alpha value is -3.71. The van der Waals surface area contributed by atoms with Gasteiger partial charge in [-0.1, -0.05) is 24.3 Å². The van der Waals surface area contributed by atoms with Crippen molar-refractivity contribution in [3.8, 4) is 5.75 Å². The van der Waals surface area contributed by atoms with Gasteiger partial charge in [-0.2, -0.15) is 0 Å². The number of hydrogen-bond acceptors (Lipinski definition) is 5. The quantitative estimate of drug-likeness (QED) is 0.275. The van der Waals surface area contributed by atoms with Gasteiger partial charge in [0.05, 0.1) is 18.7 Å². The van der Waals surface area contributed by atoms with Crippen LogP contribution in [0.3, 0.4) is 0 Å². The van der Waals surface area contributed by atoms with E-state index in [9.17, 15) is 14.7 Å². The third-order valence-electron chi connectivity index (χ3n) is 8.40.